The number of rotatable bonds is 0. The molecule has 0 fully saturated rings. The molecule has 0 atom stereocenters. The summed E-state index contributed by atoms with van der Waals surface area (Å²) in [6, 6.07) is 10.0. The van der Waals surface area contributed by atoms with Gasteiger partial charge < -0.3 is 29.8 Å². The maximum absolute atomic E-state index is 4.22. The average molecular weight is 385 g/mol. The molecule has 0 radical (unpaired) electrons. The van der Waals surface area contributed by atoms with Crippen LogP contribution in [-0.2, 0) is 24.2 Å². The molecule has 4 heteroatoms. The molecule has 1 aliphatic heterocycles. The van der Waals surface area contributed by atoms with Gasteiger partial charge in [0.25, 0.3) is 0 Å². The van der Waals surface area contributed by atoms with E-state index in [0.29, 0.717) is 0 Å². The summed E-state index contributed by atoms with van der Waals surface area (Å²) in [5.74, 6) is 0. The Balaban J connectivity index is 0. The first kappa shape index (κ1) is 21.9. The minimum absolute atomic E-state index is 0. The van der Waals surface area contributed by atoms with Crippen LogP contribution in [0.2, 0.25) is 0 Å². The number of hydrogen-bond acceptors (Lipinski definition) is 1. The quantitative estimate of drug-likeness (QED) is 0.450. The van der Waals surface area contributed by atoms with E-state index in [-0.39, 0.29) is 24.8 Å². The maximum Gasteiger partial charge on any atom is -0.172 e. The summed E-state index contributed by atoms with van der Waals surface area (Å²) in [5, 5.41) is 0. The van der Waals surface area contributed by atoms with E-state index in [1.807, 2.05) is 55.5 Å². The Morgan fingerprint density at radius 1 is 1.20 bits per heavy atom. The molecule has 20 heavy (non-hydrogen) atoms. The Kier molecular flexibility index (Phi) is 13.5. The molecule has 1 nitrogen and oxygen atoms in total. The van der Waals surface area contributed by atoms with Crippen molar-refractivity contribution in [2.45, 2.75) is 20.8 Å². The van der Waals surface area contributed by atoms with Gasteiger partial charge in [-0.25, -0.2) is 12.1 Å². The standard InChI is InChI=1S/C8H6N.C5H5.C3H6.2ClH.Zr/c1-6-5-7-3-2-4-8(7)9-6;1-2-4-5-3-1;1-3-2;;;/h2-4H,1H3;1-5H;1-2H3;2*1H;/q2*-1;;;;+2/p-2. The minimum atomic E-state index is 0. The number of nitrogens with zero attached hydrogens (tertiary/aromatic N) is 1. The molecule has 2 aliphatic rings. The largest absolute Gasteiger partial charge is 1.00 e. The summed E-state index contributed by atoms with van der Waals surface area (Å²) in [5.41, 5.74) is 3.18. The van der Waals surface area contributed by atoms with Crippen molar-refractivity contribution in [2.24, 2.45) is 4.99 Å². The van der Waals surface area contributed by atoms with Crippen molar-refractivity contribution in [2.75, 3.05) is 0 Å². The summed E-state index contributed by atoms with van der Waals surface area (Å²) in [6.07, 6.45) is 9.14. The van der Waals surface area contributed by atoms with Crippen molar-refractivity contribution >= 4 is 8.92 Å². The van der Waals surface area contributed by atoms with E-state index in [9.17, 15) is 0 Å². The van der Waals surface area contributed by atoms with E-state index in [4.69, 9.17) is 0 Å². The number of fused-ring (bicyclic) bond motifs is 1. The molecule has 0 spiro atoms. The van der Waals surface area contributed by atoms with E-state index in [1.165, 1.54) is 3.21 Å². The Morgan fingerprint density at radius 2 is 1.75 bits per heavy atom. The molecule has 1 aromatic carbocycles. The molecule has 0 saturated heterocycles. The number of halogens is 2. The molecule has 3 rings (SSSR count). The van der Waals surface area contributed by atoms with E-state index in [0.717, 1.165) is 17.0 Å². The maximum atomic E-state index is 4.22. The molecule has 0 amide bonds. The van der Waals surface area contributed by atoms with Crippen LogP contribution < -0.4 is 24.8 Å². The fraction of sp³-hybridized carbons (Fsp3) is 0.188. The van der Waals surface area contributed by atoms with Crippen molar-refractivity contribution in [1.29, 1.82) is 0 Å². The predicted octanol–water partition coefficient (Wildman–Crippen LogP) is -2.20. The second-order valence-electron chi connectivity index (χ2n) is 4.11. The smallest absolute Gasteiger partial charge is 0.172 e. The number of aliphatic imine (C=N–C) groups is 1. The zero-order valence-corrected chi connectivity index (χ0v) is 15.8. The molecular formula is C16H17Cl2NZr-2. The third-order valence-electron chi connectivity index (χ3n) is 1.95. The van der Waals surface area contributed by atoms with Gasteiger partial charge in [-0.2, -0.15) is 35.9 Å². The summed E-state index contributed by atoms with van der Waals surface area (Å²) in [7, 11) is 0. The SMILES string of the molecule is CC1=NC2=CC=CC2=[C-]1.C[C](C)=[Zr+2].[Cl-].[Cl-].c1cc[cH-]c1. The summed E-state index contributed by atoms with van der Waals surface area (Å²) in [6.45, 7) is 6.20. The first-order chi connectivity index (χ1) is 8.59. The molecule has 0 saturated carbocycles. The van der Waals surface area contributed by atoms with Crippen LogP contribution in [0.15, 0.2) is 64.8 Å². The third-order valence-corrected chi connectivity index (χ3v) is 1.95. The van der Waals surface area contributed by atoms with Crippen LogP contribution in [-0.4, -0.2) is 8.92 Å². The van der Waals surface area contributed by atoms with Gasteiger partial charge in [-0.15, -0.1) is 12.2 Å². The molecule has 0 bridgehead atoms. The van der Waals surface area contributed by atoms with Gasteiger partial charge in [0.05, 0.1) is 0 Å². The van der Waals surface area contributed by atoms with Crippen molar-refractivity contribution < 1.29 is 49.0 Å². The Bertz CT molecular complexity index is 487. The number of hydrogen-bond donors (Lipinski definition) is 0. The Labute approximate surface area is 149 Å². The van der Waals surface area contributed by atoms with Gasteiger partial charge >= 0.3 is 41.3 Å². The zero-order chi connectivity index (χ0) is 13.4. The van der Waals surface area contributed by atoms with E-state index < -0.39 is 0 Å². The van der Waals surface area contributed by atoms with Gasteiger partial charge in [0.1, 0.15) is 0 Å². The van der Waals surface area contributed by atoms with Crippen LogP contribution >= 0.6 is 0 Å². The second-order valence-corrected chi connectivity index (χ2v) is 6.57. The number of allylic oxidation sites excluding steroid dienone is 4. The summed E-state index contributed by atoms with van der Waals surface area (Å²) in [4.78, 5) is 4.22. The van der Waals surface area contributed by atoms with Crippen LogP contribution in [0.1, 0.15) is 20.8 Å². The Hall–Kier alpha value is -0.427. The molecule has 1 heterocycles. The molecule has 0 aromatic heterocycles. The molecule has 1 aromatic rings. The van der Waals surface area contributed by atoms with Crippen molar-refractivity contribution in [3.05, 3.63) is 65.9 Å². The summed E-state index contributed by atoms with van der Waals surface area (Å²) < 4.78 is 1.51. The van der Waals surface area contributed by atoms with Crippen LogP contribution in [0.5, 0.6) is 0 Å². The van der Waals surface area contributed by atoms with Gasteiger partial charge in [0.2, 0.25) is 0 Å². The monoisotopic (exact) mass is 383 g/mol. The molecule has 0 unspecified atom stereocenters. The van der Waals surface area contributed by atoms with E-state index in [1.54, 1.807) is 24.2 Å². The van der Waals surface area contributed by atoms with Crippen LogP contribution in [0.3, 0.4) is 0 Å². The topological polar surface area (TPSA) is 12.4 Å². The minimum Gasteiger partial charge on any atom is -1.00 e. The average Bonchev–Trinajstić information content (AvgIpc) is 2.90. The molecule has 106 valence electrons. The van der Waals surface area contributed by atoms with Crippen molar-refractivity contribution in [3.8, 4) is 0 Å². The fourth-order valence-electron chi connectivity index (χ4n) is 1.34. The third kappa shape index (κ3) is 9.47. The van der Waals surface area contributed by atoms with E-state index >= 15 is 0 Å². The van der Waals surface area contributed by atoms with Gasteiger partial charge in [-0.1, -0.05) is 0 Å². The zero-order valence-electron chi connectivity index (χ0n) is 11.8. The van der Waals surface area contributed by atoms with Gasteiger partial charge in [-0.05, 0) is 18.3 Å². The van der Waals surface area contributed by atoms with Gasteiger partial charge in [0.15, 0.2) is 0 Å². The van der Waals surface area contributed by atoms with Gasteiger partial charge in [-0.3, -0.25) is 0 Å². The first-order valence-electron chi connectivity index (χ1n) is 5.86. The van der Waals surface area contributed by atoms with Crippen LogP contribution in [0.4, 0.5) is 0 Å². The van der Waals surface area contributed by atoms with Crippen LogP contribution in [0, 0.1) is 6.08 Å². The predicted molar refractivity (Wildman–Crippen MR) is 75.5 cm³/mol. The van der Waals surface area contributed by atoms with Gasteiger partial charge in [0, 0.05) is 0 Å². The van der Waals surface area contributed by atoms with Crippen LogP contribution in [0.25, 0.3) is 0 Å². The van der Waals surface area contributed by atoms with E-state index in [2.05, 4.69) is 24.9 Å². The second kappa shape index (κ2) is 12.3. The molecular weight excluding hydrogens is 368 g/mol. The first-order valence-corrected chi connectivity index (χ1v) is 7.09. The normalized spacial score (nSPS) is 12.9. The fourth-order valence-corrected chi connectivity index (χ4v) is 1.34. The molecule has 0 N–H and O–H groups in total. The van der Waals surface area contributed by atoms with Crippen molar-refractivity contribution in [3.63, 3.8) is 0 Å². The molecule has 1 aliphatic carbocycles. The summed E-state index contributed by atoms with van der Waals surface area (Å²) >= 11 is 1.55. The Morgan fingerprint density at radius 3 is 2.15 bits per heavy atom. The van der Waals surface area contributed by atoms with Crippen molar-refractivity contribution in [1.82, 2.24) is 0 Å².